The third kappa shape index (κ3) is 2.08. The minimum atomic E-state index is -1.58. The lowest BCUT2D eigenvalue weighted by atomic mass is 9.98. The van der Waals surface area contributed by atoms with E-state index in [1.807, 2.05) is 0 Å². The van der Waals surface area contributed by atoms with Crippen molar-refractivity contribution in [3.05, 3.63) is 35.4 Å². The standard InChI is InChI=1S/C14H15NO5/c1-7(2)11(16)10(14(19)20)15-12(17)8-5-3-4-6-9(8)13(15)18/h3-7,10-11,16H,1-2H3,(H,19,20). The first-order valence-electron chi connectivity index (χ1n) is 6.24. The average Bonchev–Trinajstić information content (AvgIpc) is 2.64. The Kier molecular flexibility index (Phi) is 3.59. The Morgan fingerprint density at radius 2 is 1.55 bits per heavy atom. The molecule has 0 aromatic heterocycles. The molecule has 2 unspecified atom stereocenters. The van der Waals surface area contributed by atoms with Crippen LogP contribution in [-0.4, -0.2) is 45.0 Å². The molecule has 0 radical (unpaired) electrons. The van der Waals surface area contributed by atoms with Crippen LogP contribution < -0.4 is 0 Å². The fraction of sp³-hybridized carbons (Fsp3) is 0.357. The van der Waals surface area contributed by atoms with Crippen molar-refractivity contribution in [1.29, 1.82) is 0 Å². The Labute approximate surface area is 115 Å². The molecule has 2 atom stereocenters. The van der Waals surface area contributed by atoms with Crippen LogP contribution in [0.25, 0.3) is 0 Å². The third-order valence-electron chi connectivity index (χ3n) is 3.36. The van der Waals surface area contributed by atoms with E-state index in [4.69, 9.17) is 0 Å². The molecule has 2 rings (SSSR count). The minimum Gasteiger partial charge on any atom is -0.480 e. The smallest absolute Gasteiger partial charge is 0.329 e. The Hall–Kier alpha value is -2.21. The van der Waals surface area contributed by atoms with Crippen LogP contribution >= 0.6 is 0 Å². The van der Waals surface area contributed by atoms with E-state index in [1.54, 1.807) is 26.0 Å². The molecular formula is C14H15NO5. The number of aliphatic hydroxyl groups is 1. The molecule has 6 heteroatoms. The minimum absolute atomic E-state index is 0.166. The molecular weight excluding hydrogens is 262 g/mol. The summed E-state index contributed by atoms with van der Waals surface area (Å²) >= 11 is 0. The van der Waals surface area contributed by atoms with Crippen molar-refractivity contribution in [3.63, 3.8) is 0 Å². The van der Waals surface area contributed by atoms with E-state index < -0.39 is 35.8 Å². The van der Waals surface area contributed by atoms with E-state index in [0.717, 1.165) is 0 Å². The second kappa shape index (κ2) is 5.05. The Morgan fingerprint density at radius 1 is 1.10 bits per heavy atom. The van der Waals surface area contributed by atoms with Crippen LogP contribution in [0.4, 0.5) is 0 Å². The molecule has 1 aliphatic heterocycles. The van der Waals surface area contributed by atoms with Gasteiger partial charge in [-0.2, -0.15) is 0 Å². The highest BCUT2D eigenvalue weighted by atomic mass is 16.4. The van der Waals surface area contributed by atoms with Crippen LogP contribution in [0.1, 0.15) is 34.6 Å². The second-order valence-corrected chi connectivity index (χ2v) is 5.04. The number of carbonyl (C=O) groups excluding carboxylic acids is 2. The predicted octanol–water partition coefficient (Wildman–Crippen LogP) is 0.753. The van der Waals surface area contributed by atoms with Crippen molar-refractivity contribution in [1.82, 2.24) is 4.90 Å². The molecule has 106 valence electrons. The lowest BCUT2D eigenvalue weighted by Crippen LogP contribution is -2.53. The molecule has 2 N–H and O–H groups in total. The molecule has 0 saturated heterocycles. The monoisotopic (exact) mass is 277 g/mol. The summed E-state index contributed by atoms with van der Waals surface area (Å²) < 4.78 is 0. The van der Waals surface area contributed by atoms with Gasteiger partial charge in [0.1, 0.15) is 0 Å². The number of hydrogen-bond acceptors (Lipinski definition) is 4. The van der Waals surface area contributed by atoms with Gasteiger partial charge in [0.25, 0.3) is 11.8 Å². The van der Waals surface area contributed by atoms with Crippen molar-refractivity contribution in [2.24, 2.45) is 5.92 Å². The Morgan fingerprint density at radius 3 is 1.90 bits per heavy atom. The molecule has 20 heavy (non-hydrogen) atoms. The van der Waals surface area contributed by atoms with E-state index in [9.17, 15) is 24.6 Å². The summed E-state index contributed by atoms with van der Waals surface area (Å²) in [7, 11) is 0. The van der Waals surface area contributed by atoms with E-state index in [0.29, 0.717) is 4.90 Å². The van der Waals surface area contributed by atoms with Gasteiger partial charge in [0.2, 0.25) is 0 Å². The van der Waals surface area contributed by atoms with Crippen molar-refractivity contribution < 1.29 is 24.6 Å². The maximum atomic E-state index is 12.2. The highest BCUT2D eigenvalue weighted by Gasteiger charge is 2.46. The van der Waals surface area contributed by atoms with Gasteiger partial charge in [-0.05, 0) is 18.1 Å². The second-order valence-electron chi connectivity index (χ2n) is 5.04. The highest BCUT2D eigenvalue weighted by Crippen LogP contribution is 2.27. The molecule has 2 amide bonds. The van der Waals surface area contributed by atoms with Crippen LogP contribution in [0.5, 0.6) is 0 Å². The largest absolute Gasteiger partial charge is 0.480 e. The maximum Gasteiger partial charge on any atom is 0.329 e. The molecule has 0 spiro atoms. The number of aliphatic carboxylic acids is 1. The normalized spacial score (nSPS) is 17.3. The zero-order valence-corrected chi connectivity index (χ0v) is 11.1. The summed E-state index contributed by atoms with van der Waals surface area (Å²) in [6.07, 6.45) is -1.32. The Bertz CT molecular complexity index is 546. The van der Waals surface area contributed by atoms with Crippen LogP contribution in [0.2, 0.25) is 0 Å². The molecule has 0 saturated carbocycles. The maximum absolute atomic E-state index is 12.2. The topological polar surface area (TPSA) is 94.9 Å². The van der Waals surface area contributed by atoms with E-state index >= 15 is 0 Å². The van der Waals surface area contributed by atoms with Gasteiger partial charge in [0, 0.05) is 0 Å². The molecule has 6 nitrogen and oxygen atoms in total. The number of rotatable bonds is 4. The Balaban J connectivity index is 2.45. The number of carboxylic acid groups (broad SMARTS) is 1. The molecule has 0 aliphatic carbocycles. The van der Waals surface area contributed by atoms with Crippen LogP contribution in [0.15, 0.2) is 24.3 Å². The molecule has 0 fully saturated rings. The van der Waals surface area contributed by atoms with E-state index in [2.05, 4.69) is 0 Å². The number of nitrogens with zero attached hydrogens (tertiary/aromatic N) is 1. The van der Waals surface area contributed by atoms with Crippen LogP contribution in [-0.2, 0) is 4.79 Å². The van der Waals surface area contributed by atoms with Gasteiger partial charge in [0.15, 0.2) is 6.04 Å². The number of amides is 2. The van der Waals surface area contributed by atoms with Gasteiger partial charge in [-0.25, -0.2) is 4.79 Å². The number of aliphatic hydroxyl groups excluding tert-OH is 1. The van der Waals surface area contributed by atoms with Crippen molar-refractivity contribution in [2.75, 3.05) is 0 Å². The number of carbonyl (C=O) groups is 3. The van der Waals surface area contributed by atoms with E-state index in [-0.39, 0.29) is 11.1 Å². The number of fused-ring (bicyclic) bond motifs is 1. The zero-order chi connectivity index (χ0) is 15.0. The first-order valence-corrected chi connectivity index (χ1v) is 6.24. The first-order chi connectivity index (χ1) is 9.36. The van der Waals surface area contributed by atoms with Gasteiger partial charge in [-0.3, -0.25) is 14.5 Å². The van der Waals surface area contributed by atoms with Gasteiger partial charge in [-0.1, -0.05) is 26.0 Å². The summed E-state index contributed by atoms with van der Waals surface area (Å²) in [6, 6.07) is 4.55. The number of imide groups is 1. The summed E-state index contributed by atoms with van der Waals surface area (Å²) in [4.78, 5) is 36.4. The summed E-state index contributed by atoms with van der Waals surface area (Å²) in [6.45, 7) is 3.25. The highest BCUT2D eigenvalue weighted by molar-refractivity contribution is 6.22. The number of hydrogen-bond donors (Lipinski definition) is 2. The average molecular weight is 277 g/mol. The summed E-state index contributed by atoms with van der Waals surface area (Å²) in [5.74, 6) is -3.17. The zero-order valence-electron chi connectivity index (χ0n) is 11.1. The SMILES string of the molecule is CC(C)C(O)C(C(=O)O)N1C(=O)c2ccccc2C1=O. The quantitative estimate of drug-likeness (QED) is 0.792. The fourth-order valence-corrected chi connectivity index (χ4v) is 2.23. The summed E-state index contributed by atoms with van der Waals surface area (Å²) in [5.41, 5.74) is 0.333. The molecule has 1 aromatic carbocycles. The number of carboxylic acids is 1. The molecule has 1 heterocycles. The molecule has 0 bridgehead atoms. The first kappa shape index (κ1) is 14.2. The fourth-order valence-electron chi connectivity index (χ4n) is 2.23. The number of benzene rings is 1. The van der Waals surface area contributed by atoms with Gasteiger partial charge in [0.05, 0.1) is 17.2 Å². The van der Waals surface area contributed by atoms with E-state index in [1.165, 1.54) is 12.1 Å². The lowest BCUT2D eigenvalue weighted by Gasteiger charge is -2.28. The van der Waals surface area contributed by atoms with Crippen molar-refractivity contribution in [3.8, 4) is 0 Å². The summed E-state index contributed by atoms with van der Waals surface area (Å²) in [5, 5.41) is 19.3. The lowest BCUT2D eigenvalue weighted by molar-refractivity contribution is -0.146. The van der Waals surface area contributed by atoms with Crippen molar-refractivity contribution >= 4 is 17.8 Å². The van der Waals surface area contributed by atoms with Gasteiger partial charge in [-0.15, -0.1) is 0 Å². The molecule has 1 aromatic rings. The van der Waals surface area contributed by atoms with Gasteiger partial charge >= 0.3 is 5.97 Å². The molecule has 1 aliphatic rings. The van der Waals surface area contributed by atoms with Crippen LogP contribution in [0.3, 0.4) is 0 Å². The van der Waals surface area contributed by atoms with Gasteiger partial charge < -0.3 is 10.2 Å². The van der Waals surface area contributed by atoms with Crippen molar-refractivity contribution in [2.45, 2.75) is 26.0 Å². The third-order valence-corrected chi connectivity index (χ3v) is 3.36. The predicted molar refractivity (Wildman–Crippen MR) is 69.2 cm³/mol. The van der Waals surface area contributed by atoms with Crippen LogP contribution in [0, 0.1) is 5.92 Å².